The van der Waals surface area contributed by atoms with E-state index in [1.807, 2.05) is 36.1 Å². The lowest BCUT2D eigenvalue weighted by molar-refractivity contribution is -0.130. The molecule has 18 heavy (non-hydrogen) atoms. The molecular weight excluding hydrogens is 250 g/mol. The Morgan fingerprint density at radius 1 is 1.56 bits per heavy atom. The fourth-order valence-electron chi connectivity index (χ4n) is 2.06. The van der Waals surface area contributed by atoms with E-state index in [1.165, 1.54) is 0 Å². The number of nitrogens with zero attached hydrogens (tertiary/aromatic N) is 1. The molecule has 1 aliphatic rings. The number of likely N-dealkylation sites (tertiary alicyclic amines) is 1. The van der Waals surface area contributed by atoms with Gasteiger partial charge in [-0.3, -0.25) is 4.79 Å². The minimum absolute atomic E-state index is 0.117. The van der Waals surface area contributed by atoms with Crippen LogP contribution in [0.25, 0.3) is 0 Å². The van der Waals surface area contributed by atoms with Gasteiger partial charge in [0.1, 0.15) is 5.75 Å². The summed E-state index contributed by atoms with van der Waals surface area (Å²) in [6.45, 7) is 3.89. The zero-order valence-electron chi connectivity index (χ0n) is 10.6. The highest BCUT2D eigenvalue weighted by Crippen LogP contribution is 2.16. The van der Waals surface area contributed by atoms with Gasteiger partial charge in [-0.25, -0.2) is 0 Å². The second-order valence-corrected chi connectivity index (χ2v) is 5.26. The fraction of sp³-hybridized carbons (Fsp3) is 0.500. The molecule has 98 valence electrons. The number of rotatable bonds is 4. The molecule has 1 heterocycles. The molecular formula is C14H18ClNO2. The maximum absolute atomic E-state index is 11.8. The van der Waals surface area contributed by atoms with Gasteiger partial charge in [-0.2, -0.15) is 0 Å². The van der Waals surface area contributed by atoms with Crippen LogP contribution in [0.4, 0.5) is 0 Å². The number of aryl methyl sites for hydroxylation is 1. The predicted molar refractivity (Wildman–Crippen MR) is 72.1 cm³/mol. The third-order valence-electron chi connectivity index (χ3n) is 3.06. The molecule has 1 aromatic rings. The van der Waals surface area contributed by atoms with E-state index >= 15 is 0 Å². The second kappa shape index (κ2) is 6.10. The van der Waals surface area contributed by atoms with Crippen molar-refractivity contribution in [3.63, 3.8) is 0 Å². The molecule has 1 amide bonds. The van der Waals surface area contributed by atoms with Crippen molar-refractivity contribution in [2.45, 2.75) is 25.1 Å². The van der Waals surface area contributed by atoms with E-state index in [9.17, 15) is 4.79 Å². The quantitative estimate of drug-likeness (QED) is 0.785. The van der Waals surface area contributed by atoms with E-state index in [4.69, 9.17) is 16.3 Å². The molecule has 4 heteroatoms. The number of hydrogen-bond donors (Lipinski definition) is 0. The summed E-state index contributed by atoms with van der Waals surface area (Å²) in [5.41, 5.74) is 1.16. The average Bonchev–Trinajstić information content (AvgIpc) is 2.76. The summed E-state index contributed by atoms with van der Waals surface area (Å²) in [7, 11) is 0. The molecule has 1 saturated heterocycles. The zero-order chi connectivity index (χ0) is 13.0. The number of amides is 1. The molecule has 0 aliphatic carbocycles. The summed E-state index contributed by atoms with van der Waals surface area (Å²) in [5.74, 6) is 0.949. The van der Waals surface area contributed by atoms with Crippen molar-refractivity contribution in [3.8, 4) is 5.75 Å². The second-order valence-electron chi connectivity index (χ2n) is 4.64. The van der Waals surface area contributed by atoms with Crippen LogP contribution >= 0.6 is 11.6 Å². The maximum atomic E-state index is 11.8. The van der Waals surface area contributed by atoms with E-state index in [1.54, 1.807) is 0 Å². The summed E-state index contributed by atoms with van der Waals surface area (Å²) in [4.78, 5) is 13.7. The first-order valence-electron chi connectivity index (χ1n) is 6.26. The first kappa shape index (κ1) is 13.2. The highest BCUT2D eigenvalue weighted by atomic mass is 35.5. The summed E-state index contributed by atoms with van der Waals surface area (Å²) in [5, 5.41) is 0.117. The van der Waals surface area contributed by atoms with Crippen LogP contribution in [0.5, 0.6) is 5.75 Å². The molecule has 0 saturated carbocycles. The molecule has 1 aromatic carbocycles. The van der Waals surface area contributed by atoms with Gasteiger partial charge in [-0.1, -0.05) is 12.1 Å². The van der Waals surface area contributed by atoms with Crippen molar-refractivity contribution >= 4 is 17.5 Å². The first-order valence-corrected chi connectivity index (χ1v) is 6.70. The van der Waals surface area contributed by atoms with Gasteiger partial charge >= 0.3 is 0 Å². The van der Waals surface area contributed by atoms with Gasteiger partial charge in [0.2, 0.25) is 5.91 Å². The Kier molecular flexibility index (Phi) is 4.48. The van der Waals surface area contributed by atoms with Crippen LogP contribution in [-0.2, 0) is 4.79 Å². The van der Waals surface area contributed by atoms with Gasteiger partial charge in [-0.05, 0) is 31.0 Å². The molecule has 0 bridgehead atoms. The van der Waals surface area contributed by atoms with Crippen LogP contribution in [0.15, 0.2) is 24.3 Å². The van der Waals surface area contributed by atoms with Crippen molar-refractivity contribution in [2.24, 2.45) is 0 Å². The minimum Gasteiger partial charge on any atom is -0.493 e. The smallest absolute Gasteiger partial charge is 0.226 e. The monoisotopic (exact) mass is 267 g/mol. The molecule has 1 fully saturated rings. The van der Waals surface area contributed by atoms with E-state index in [-0.39, 0.29) is 11.3 Å². The summed E-state index contributed by atoms with van der Waals surface area (Å²) in [6, 6.07) is 7.84. The molecule has 0 N–H and O–H groups in total. The molecule has 3 nitrogen and oxygen atoms in total. The Labute approximate surface area is 113 Å². The maximum Gasteiger partial charge on any atom is 0.226 e. The van der Waals surface area contributed by atoms with Gasteiger partial charge < -0.3 is 9.64 Å². The molecule has 0 radical (unpaired) electrons. The van der Waals surface area contributed by atoms with Crippen molar-refractivity contribution in [3.05, 3.63) is 29.8 Å². The number of alkyl halides is 1. The highest BCUT2D eigenvalue weighted by Gasteiger charge is 2.24. The lowest BCUT2D eigenvalue weighted by Crippen LogP contribution is -2.29. The normalized spacial score (nSPS) is 19.0. The number of benzene rings is 1. The standard InChI is InChI=1S/C14H18ClNO2/c1-11-3-2-4-13(9-11)18-8-6-14(17)16-7-5-12(15)10-16/h2-4,9,12H,5-8,10H2,1H3. The molecule has 0 spiro atoms. The van der Waals surface area contributed by atoms with E-state index in [0.717, 1.165) is 24.3 Å². The highest BCUT2D eigenvalue weighted by molar-refractivity contribution is 6.21. The molecule has 2 rings (SSSR count). The fourth-order valence-corrected chi connectivity index (χ4v) is 2.33. The van der Waals surface area contributed by atoms with Crippen LogP contribution < -0.4 is 4.74 Å². The topological polar surface area (TPSA) is 29.5 Å². The number of halogens is 1. The summed E-state index contributed by atoms with van der Waals surface area (Å²) >= 11 is 5.97. The van der Waals surface area contributed by atoms with E-state index in [2.05, 4.69) is 0 Å². The molecule has 0 aromatic heterocycles. The van der Waals surface area contributed by atoms with Gasteiger partial charge in [-0.15, -0.1) is 11.6 Å². The summed E-state index contributed by atoms with van der Waals surface area (Å²) in [6.07, 6.45) is 1.31. The van der Waals surface area contributed by atoms with Crippen LogP contribution in [0, 0.1) is 6.92 Å². The van der Waals surface area contributed by atoms with Crippen molar-refractivity contribution in [2.75, 3.05) is 19.7 Å². The lowest BCUT2D eigenvalue weighted by Gasteiger charge is -2.15. The predicted octanol–water partition coefficient (Wildman–Crippen LogP) is 2.60. The van der Waals surface area contributed by atoms with Gasteiger partial charge in [0.25, 0.3) is 0 Å². The van der Waals surface area contributed by atoms with Crippen LogP contribution in [0.1, 0.15) is 18.4 Å². The Bertz CT molecular complexity index is 422. The molecule has 1 unspecified atom stereocenters. The van der Waals surface area contributed by atoms with Crippen molar-refractivity contribution in [1.29, 1.82) is 0 Å². The van der Waals surface area contributed by atoms with Crippen LogP contribution in [0.2, 0.25) is 0 Å². The minimum atomic E-state index is 0.117. The van der Waals surface area contributed by atoms with Gasteiger partial charge in [0.15, 0.2) is 0 Å². The summed E-state index contributed by atoms with van der Waals surface area (Å²) < 4.78 is 5.56. The van der Waals surface area contributed by atoms with Crippen molar-refractivity contribution < 1.29 is 9.53 Å². The van der Waals surface area contributed by atoms with Gasteiger partial charge in [0.05, 0.1) is 18.4 Å². The van der Waals surface area contributed by atoms with Gasteiger partial charge in [0, 0.05) is 13.1 Å². The number of carbonyl (C=O) groups excluding carboxylic acids is 1. The number of carbonyl (C=O) groups is 1. The van der Waals surface area contributed by atoms with E-state index in [0.29, 0.717) is 19.6 Å². The third kappa shape index (κ3) is 3.64. The van der Waals surface area contributed by atoms with Crippen LogP contribution in [0.3, 0.4) is 0 Å². The third-order valence-corrected chi connectivity index (χ3v) is 3.41. The van der Waals surface area contributed by atoms with Crippen LogP contribution in [-0.4, -0.2) is 35.9 Å². The Morgan fingerprint density at radius 2 is 2.39 bits per heavy atom. The Balaban J connectivity index is 1.73. The first-order chi connectivity index (χ1) is 8.65. The Hall–Kier alpha value is -1.22. The Morgan fingerprint density at radius 3 is 3.06 bits per heavy atom. The lowest BCUT2D eigenvalue weighted by atomic mass is 10.2. The number of ether oxygens (including phenoxy) is 1. The largest absolute Gasteiger partial charge is 0.493 e. The SMILES string of the molecule is Cc1cccc(OCCC(=O)N2CCC(Cl)C2)c1. The molecule has 1 atom stereocenters. The van der Waals surface area contributed by atoms with E-state index < -0.39 is 0 Å². The zero-order valence-corrected chi connectivity index (χ0v) is 11.3. The molecule has 1 aliphatic heterocycles. The average molecular weight is 268 g/mol. The number of hydrogen-bond acceptors (Lipinski definition) is 2. The van der Waals surface area contributed by atoms with Crippen molar-refractivity contribution in [1.82, 2.24) is 4.90 Å².